The number of nitrogens with zero attached hydrogens (tertiary/aromatic N) is 2. The van der Waals surface area contributed by atoms with Crippen molar-refractivity contribution in [1.29, 1.82) is 0 Å². The normalized spacial score (nSPS) is 14.0. The van der Waals surface area contributed by atoms with Gasteiger partial charge in [-0.1, -0.05) is 67.1 Å². The third-order valence-electron chi connectivity index (χ3n) is 7.36. The van der Waals surface area contributed by atoms with E-state index in [0.29, 0.717) is 41.7 Å². The fraction of sp³-hybridized carbons (Fsp3) is 0.375. The molecule has 0 saturated carbocycles. The summed E-state index contributed by atoms with van der Waals surface area (Å²) in [7, 11) is -3.91. The molecule has 0 radical (unpaired) electrons. The van der Waals surface area contributed by atoms with Gasteiger partial charge in [0.05, 0.1) is 11.4 Å². The van der Waals surface area contributed by atoms with Gasteiger partial charge in [0.25, 0.3) is 0 Å². The summed E-state index contributed by atoms with van der Waals surface area (Å²) < 4.78 is 39.1. The van der Waals surface area contributed by atoms with Gasteiger partial charge in [-0.25, -0.2) is 8.42 Å². The van der Waals surface area contributed by atoms with Gasteiger partial charge in [0.15, 0.2) is 11.5 Å². The Kier molecular flexibility index (Phi) is 10.9. The van der Waals surface area contributed by atoms with Crippen LogP contribution in [0, 0.1) is 0 Å². The second kappa shape index (κ2) is 14.6. The highest BCUT2D eigenvalue weighted by Crippen LogP contribution is 2.35. The Morgan fingerprint density at radius 1 is 0.953 bits per heavy atom. The second-order valence-corrected chi connectivity index (χ2v) is 13.0. The predicted molar refractivity (Wildman–Crippen MR) is 168 cm³/mol. The summed E-state index contributed by atoms with van der Waals surface area (Å²) in [5.74, 6) is -0.216. The van der Waals surface area contributed by atoms with Crippen LogP contribution in [0.2, 0.25) is 5.02 Å². The van der Waals surface area contributed by atoms with Crippen molar-refractivity contribution >= 4 is 39.1 Å². The topological polar surface area (TPSA) is 105 Å². The van der Waals surface area contributed by atoms with Crippen molar-refractivity contribution in [1.82, 2.24) is 10.2 Å². The molecule has 0 unspecified atom stereocenters. The molecule has 4 rings (SSSR count). The quantitative estimate of drug-likeness (QED) is 0.291. The van der Waals surface area contributed by atoms with Crippen molar-refractivity contribution in [3.05, 3.63) is 88.9 Å². The van der Waals surface area contributed by atoms with E-state index < -0.39 is 28.5 Å². The number of hydrogen-bond donors (Lipinski definition) is 1. The van der Waals surface area contributed by atoms with Crippen LogP contribution in [-0.2, 0) is 32.6 Å². The van der Waals surface area contributed by atoms with E-state index in [1.807, 2.05) is 44.2 Å². The molecule has 9 nitrogen and oxygen atoms in total. The maximum Gasteiger partial charge on any atom is 0.244 e. The molecule has 43 heavy (non-hydrogen) atoms. The van der Waals surface area contributed by atoms with E-state index in [9.17, 15) is 18.0 Å². The first-order chi connectivity index (χ1) is 20.6. The number of carbonyl (C=O) groups is 2. The molecule has 1 heterocycles. The lowest BCUT2D eigenvalue weighted by Crippen LogP contribution is -2.54. The first kappa shape index (κ1) is 32.2. The van der Waals surface area contributed by atoms with Crippen LogP contribution in [0.4, 0.5) is 5.69 Å². The van der Waals surface area contributed by atoms with Crippen LogP contribution in [0.3, 0.4) is 0 Å². The first-order valence-electron chi connectivity index (χ1n) is 14.4. The third-order valence-corrected chi connectivity index (χ3v) is 9.47. The Morgan fingerprint density at radius 2 is 1.63 bits per heavy atom. The van der Waals surface area contributed by atoms with E-state index in [1.165, 1.54) is 11.8 Å². The molecule has 11 heteroatoms. The zero-order chi connectivity index (χ0) is 31.0. The lowest BCUT2D eigenvalue weighted by Gasteiger charge is -2.34. The van der Waals surface area contributed by atoms with Crippen LogP contribution in [0.5, 0.6) is 11.5 Å². The zero-order valence-corrected chi connectivity index (χ0v) is 26.2. The monoisotopic (exact) mass is 627 g/mol. The lowest BCUT2D eigenvalue weighted by molar-refractivity contribution is -0.140. The SMILES string of the molecule is CC[C@@H](C)NC(=O)[C@@H](Cc1ccccc1)N(Cc1ccccc1Cl)C(=O)CN(c1ccc2c(c1)OCCO2)S(=O)(=O)CC. The number of amides is 2. The van der Waals surface area contributed by atoms with Crippen LogP contribution in [0.1, 0.15) is 38.3 Å². The van der Waals surface area contributed by atoms with Gasteiger partial charge in [0, 0.05) is 30.1 Å². The summed E-state index contributed by atoms with van der Waals surface area (Å²) in [5, 5.41) is 3.45. The van der Waals surface area contributed by atoms with E-state index in [-0.39, 0.29) is 36.4 Å². The minimum Gasteiger partial charge on any atom is -0.486 e. The highest BCUT2D eigenvalue weighted by Gasteiger charge is 2.34. The van der Waals surface area contributed by atoms with Gasteiger partial charge in [-0.15, -0.1) is 0 Å². The molecule has 2 amide bonds. The number of ether oxygens (including phenoxy) is 2. The molecule has 1 N–H and O–H groups in total. The zero-order valence-electron chi connectivity index (χ0n) is 24.7. The summed E-state index contributed by atoms with van der Waals surface area (Å²) in [5.41, 5.74) is 1.76. The highest BCUT2D eigenvalue weighted by atomic mass is 35.5. The van der Waals surface area contributed by atoms with E-state index in [2.05, 4.69) is 5.32 Å². The second-order valence-electron chi connectivity index (χ2n) is 10.4. The molecule has 2 atom stereocenters. The number of halogens is 1. The maximum atomic E-state index is 14.3. The van der Waals surface area contributed by atoms with Crippen LogP contribution in [0.15, 0.2) is 72.8 Å². The Morgan fingerprint density at radius 3 is 2.30 bits per heavy atom. The fourth-order valence-electron chi connectivity index (χ4n) is 4.71. The minimum atomic E-state index is -3.91. The summed E-state index contributed by atoms with van der Waals surface area (Å²) in [6, 6.07) is 20.2. The average Bonchev–Trinajstić information content (AvgIpc) is 3.02. The third kappa shape index (κ3) is 8.20. The van der Waals surface area contributed by atoms with Crippen LogP contribution >= 0.6 is 11.6 Å². The van der Waals surface area contributed by atoms with Crippen molar-refractivity contribution in [2.75, 3.05) is 29.8 Å². The molecule has 0 bridgehead atoms. The number of fused-ring (bicyclic) bond motifs is 1. The molecule has 3 aromatic carbocycles. The van der Waals surface area contributed by atoms with E-state index >= 15 is 0 Å². The van der Waals surface area contributed by atoms with Crippen molar-refractivity contribution in [2.24, 2.45) is 0 Å². The molecule has 230 valence electrons. The molecular weight excluding hydrogens is 590 g/mol. The predicted octanol–water partition coefficient (Wildman–Crippen LogP) is 4.82. The first-order valence-corrected chi connectivity index (χ1v) is 16.4. The van der Waals surface area contributed by atoms with Gasteiger partial charge in [-0.3, -0.25) is 13.9 Å². The molecular formula is C32H38ClN3O6S. The number of hydrogen-bond acceptors (Lipinski definition) is 6. The Labute approximate surface area is 258 Å². The number of anilines is 1. The summed E-state index contributed by atoms with van der Waals surface area (Å²) in [6.45, 7) is 5.57. The van der Waals surface area contributed by atoms with Crippen LogP contribution in [0.25, 0.3) is 0 Å². The van der Waals surface area contributed by atoms with Gasteiger partial charge in [-0.05, 0) is 49.6 Å². The molecule has 0 spiro atoms. The highest BCUT2D eigenvalue weighted by molar-refractivity contribution is 7.92. The Bertz CT molecular complexity index is 1520. The van der Waals surface area contributed by atoms with Gasteiger partial charge < -0.3 is 19.7 Å². The summed E-state index contributed by atoms with van der Waals surface area (Å²) in [4.78, 5) is 29.6. The van der Waals surface area contributed by atoms with E-state index in [4.69, 9.17) is 21.1 Å². The largest absolute Gasteiger partial charge is 0.486 e. The fourth-order valence-corrected chi connectivity index (χ4v) is 5.96. The lowest BCUT2D eigenvalue weighted by atomic mass is 10.0. The molecule has 3 aromatic rings. The van der Waals surface area contributed by atoms with Gasteiger partial charge >= 0.3 is 0 Å². The van der Waals surface area contributed by atoms with E-state index in [0.717, 1.165) is 9.87 Å². The number of benzene rings is 3. The van der Waals surface area contributed by atoms with Crippen molar-refractivity contribution < 1.29 is 27.5 Å². The Hall–Kier alpha value is -3.76. The number of sulfonamides is 1. The minimum absolute atomic E-state index is 0.00504. The molecule has 1 aliphatic rings. The average molecular weight is 628 g/mol. The van der Waals surface area contributed by atoms with Gasteiger partial charge in [-0.2, -0.15) is 0 Å². The van der Waals surface area contributed by atoms with Crippen molar-refractivity contribution in [3.8, 4) is 11.5 Å². The maximum absolute atomic E-state index is 14.3. The Balaban J connectivity index is 1.76. The van der Waals surface area contributed by atoms with Gasteiger partial charge in [0.1, 0.15) is 25.8 Å². The summed E-state index contributed by atoms with van der Waals surface area (Å²) >= 11 is 6.52. The number of rotatable bonds is 13. The van der Waals surface area contributed by atoms with Crippen molar-refractivity contribution in [2.45, 2.75) is 52.2 Å². The molecule has 0 aromatic heterocycles. The number of carbonyl (C=O) groups excluding carboxylic acids is 2. The molecule has 0 fully saturated rings. The van der Waals surface area contributed by atoms with E-state index in [1.54, 1.807) is 42.5 Å². The summed E-state index contributed by atoms with van der Waals surface area (Å²) in [6.07, 6.45) is 0.929. The van der Waals surface area contributed by atoms with Crippen molar-refractivity contribution in [3.63, 3.8) is 0 Å². The molecule has 0 aliphatic carbocycles. The van der Waals surface area contributed by atoms with Crippen LogP contribution in [-0.4, -0.2) is 62.7 Å². The smallest absolute Gasteiger partial charge is 0.244 e. The van der Waals surface area contributed by atoms with Crippen LogP contribution < -0.4 is 19.1 Å². The number of nitrogens with one attached hydrogen (secondary N) is 1. The standard InChI is InChI=1S/C32H38ClN3O6S/c1-4-23(3)34-32(38)28(19-24-11-7-6-8-12-24)35(21-25-13-9-10-14-27(25)33)31(37)22-36(43(39,40)5-2)26-15-16-29-30(20-26)42-18-17-41-29/h6-16,20,23,28H,4-5,17-19,21-22H2,1-3H3,(H,34,38)/t23-,28-/m1/s1. The molecule has 0 saturated heterocycles. The molecule has 1 aliphatic heterocycles. The van der Waals surface area contributed by atoms with Gasteiger partial charge in [0.2, 0.25) is 21.8 Å².